The minimum absolute atomic E-state index is 0.167. The van der Waals surface area contributed by atoms with E-state index in [0.717, 1.165) is 0 Å². The van der Waals surface area contributed by atoms with Crippen molar-refractivity contribution < 1.29 is 24.2 Å². The second kappa shape index (κ2) is 5.87. The third-order valence-corrected chi connectivity index (χ3v) is 3.34. The first-order chi connectivity index (χ1) is 9.56. The van der Waals surface area contributed by atoms with Crippen molar-refractivity contribution in [2.75, 3.05) is 25.7 Å². The van der Waals surface area contributed by atoms with Gasteiger partial charge in [-0.15, -0.1) is 0 Å². The smallest absolute Gasteiger partial charge is 0.338 e. The quantitative estimate of drug-likeness (QED) is 0.805. The maximum atomic E-state index is 11.5. The van der Waals surface area contributed by atoms with E-state index in [1.54, 1.807) is 12.0 Å². The lowest BCUT2D eigenvalue weighted by Crippen LogP contribution is -2.36. The van der Waals surface area contributed by atoms with Crippen LogP contribution >= 0.6 is 0 Å². The zero-order valence-electron chi connectivity index (χ0n) is 11.3. The number of aliphatic carboxylic acids is 1. The first-order valence-corrected chi connectivity index (χ1v) is 6.13. The summed E-state index contributed by atoms with van der Waals surface area (Å²) in [6, 6.07) is 2.34. The van der Waals surface area contributed by atoms with Crippen molar-refractivity contribution in [2.24, 2.45) is 0 Å². The first-order valence-electron chi connectivity index (χ1n) is 6.13. The Morgan fingerprint density at radius 2 is 2.20 bits per heavy atom. The number of nitrogens with zero attached hydrogens (tertiary/aromatic N) is 2. The summed E-state index contributed by atoms with van der Waals surface area (Å²) < 4.78 is 9.86. The molecule has 7 heteroatoms. The van der Waals surface area contributed by atoms with Crippen molar-refractivity contribution in [2.45, 2.75) is 18.6 Å². The normalized spacial score (nSPS) is 21.8. The molecule has 20 heavy (non-hydrogen) atoms. The van der Waals surface area contributed by atoms with E-state index in [-0.39, 0.29) is 6.10 Å². The van der Waals surface area contributed by atoms with Crippen molar-refractivity contribution in [1.29, 1.82) is 0 Å². The van der Waals surface area contributed by atoms with E-state index in [4.69, 9.17) is 4.74 Å². The maximum Gasteiger partial charge on any atom is 0.338 e. The van der Waals surface area contributed by atoms with Gasteiger partial charge >= 0.3 is 11.9 Å². The molecule has 1 aromatic heterocycles. The number of hydrogen-bond donors (Lipinski definition) is 1. The van der Waals surface area contributed by atoms with E-state index < -0.39 is 18.0 Å². The number of rotatable bonds is 4. The van der Waals surface area contributed by atoms with Gasteiger partial charge in [0.25, 0.3) is 0 Å². The lowest BCUT2D eigenvalue weighted by molar-refractivity contribution is -0.138. The van der Waals surface area contributed by atoms with Gasteiger partial charge in [0.2, 0.25) is 0 Å². The number of carboxylic acids is 1. The summed E-state index contributed by atoms with van der Waals surface area (Å²) in [5.41, 5.74) is 0.336. The van der Waals surface area contributed by atoms with E-state index >= 15 is 0 Å². The third-order valence-electron chi connectivity index (χ3n) is 3.34. The van der Waals surface area contributed by atoms with Gasteiger partial charge in [-0.1, -0.05) is 0 Å². The molecule has 0 saturated carbocycles. The van der Waals surface area contributed by atoms with Gasteiger partial charge < -0.3 is 19.5 Å². The van der Waals surface area contributed by atoms with Crippen LogP contribution in [0, 0.1) is 0 Å². The van der Waals surface area contributed by atoms with Crippen LogP contribution in [0.4, 0.5) is 5.82 Å². The standard InChI is InChI=1S/C13H16N2O5/c1-19-9-6-10(12(16)17)15(7-9)11-5-8(3-4-14-11)13(18)20-2/h3-5,9-10H,6-7H2,1-2H3,(H,16,17). The lowest BCUT2D eigenvalue weighted by Gasteiger charge is -2.22. The van der Waals surface area contributed by atoms with Crippen LogP contribution in [-0.4, -0.2) is 54.9 Å². The molecule has 0 spiro atoms. The summed E-state index contributed by atoms with van der Waals surface area (Å²) in [4.78, 5) is 28.6. The van der Waals surface area contributed by atoms with Gasteiger partial charge in [-0.25, -0.2) is 14.6 Å². The fraction of sp³-hybridized carbons (Fsp3) is 0.462. The molecule has 1 fully saturated rings. The van der Waals surface area contributed by atoms with Crippen LogP contribution in [0.3, 0.4) is 0 Å². The molecule has 0 aliphatic carbocycles. The van der Waals surface area contributed by atoms with Crippen LogP contribution in [0.15, 0.2) is 18.3 Å². The number of methoxy groups -OCH3 is 2. The van der Waals surface area contributed by atoms with Crippen molar-refractivity contribution in [1.82, 2.24) is 4.98 Å². The zero-order valence-corrected chi connectivity index (χ0v) is 11.3. The summed E-state index contributed by atoms with van der Waals surface area (Å²) >= 11 is 0. The molecular weight excluding hydrogens is 264 g/mol. The number of carboxylic acid groups (broad SMARTS) is 1. The van der Waals surface area contributed by atoms with Gasteiger partial charge in [-0.2, -0.15) is 0 Å². The Bertz CT molecular complexity index is 519. The molecule has 2 heterocycles. The van der Waals surface area contributed by atoms with E-state index in [9.17, 15) is 14.7 Å². The van der Waals surface area contributed by atoms with Crippen LogP contribution in [-0.2, 0) is 14.3 Å². The molecule has 7 nitrogen and oxygen atoms in total. The van der Waals surface area contributed by atoms with Crippen LogP contribution in [0.25, 0.3) is 0 Å². The van der Waals surface area contributed by atoms with Gasteiger partial charge in [0, 0.05) is 26.3 Å². The van der Waals surface area contributed by atoms with Crippen LogP contribution < -0.4 is 4.90 Å². The van der Waals surface area contributed by atoms with Crippen molar-refractivity contribution in [3.05, 3.63) is 23.9 Å². The largest absolute Gasteiger partial charge is 0.480 e. The average molecular weight is 280 g/mol. The molecule has 2 unspecified atom stereocenters. The molecule has 1 aliphatic heterocycles. The van der Waals surface area contributed by atoms with Crippen molar-refractivity contribution >= 4 is 17.8 Å². The number of carbonyl (C=O) groups is 2. The highest BCUT2D eigenvalue weighted by atomic mass is 16.5. The van der Waals surface area contributed by atoms with Gasteiger partial charge in [0.1, 0.15) is 11.9 Å². The zero-order chi connectivity index (χ0) is 14.7. The minimum atomic E-state index is -0.935. The van der Waals surface area contributed by atoms with Gasteiger partial charge in [0.15, 0.2) is 0 Å². The summed E-state index contributed by atoms with van der Waals surface area (Å²) in [5.74, 6) is -0.988. The highest BCUT2D eigenvalue weighted by molar-refractivity contribution is 5.90. The van der Waals surface area contributed by atoms with Crippen LogP contribution in [0.5, 0.6) is 0 Å². The molecule has 1 aliphatic rings. The first kappa shape index (κ1) is 14.3. The molecule has 0 bridgehead atoms. The summed E-state index contributed by atoms with van der Waals surface area (Å²) in [5, 5.41) is 9.27. The number of esters is 1. The Balaban J connectivity index is 2.29. The van der Waals surface area contributed by atoms with E-state index in [1.807, 2.05) is 0 Å². The Morgan fingerprint density at radius 3 is 2.80 bits per heavy atom. The van der Waals surface area contributed by atoms with E-state index in [1.165, 1.54) is 25.4 Å². The molecule has 0 amide bonds. The monoisotopic (exact) mass is 280 g/mol. The molecule has 1 N–H and O–H groups in total. The summed E-state index contributed by atoms with van der Waals surface area (Å²) in [7, 11) is 2.84. The fourth-order valence-corrected chi connectivity index (χ4v) is 2.28. The predicted molar refractivity (Wildman–Crippen MR) is 69.8 cm³/mol. The Morgan fingerprint density at radius 1 is 1.45 bits per heavy atom. The van der Waals surface area contributed by atoms with Gasteiger partial charge in [-0.3, -0.25) is 0 Å². The van der Waals surface area contributed by atoms with Gasteiger partial charge in [-0.05, 0) is 12.1 Å². The molecule has 1 saturated heterocycles. The second-order valence-electron chi connectivity index (χ2n) is 4.49. The molecule has 108 valence electrons. The fourth-order valence-electron chi connectivity index (χ4n) is 2.28. The molecule has 2 atom stereocenters. The Labute approximate surface area is 116 Å². The van der Waals surface area contributed by atoms with E-state index in [0.29, 0.717) is 24.3 Å². The third kappa shape index (κ3) is 2.72. The van der Waals surface area contributed by atoms with Crippen molar-refractivity contribution in [3.63, 3.8) is 0 Å². The number of anilines is 1. The number of hydrogen-bond acceptors (Lipinski definition) is 6. The highest BCUT2D eigenvalue weighted by Gasteiger charge is 2.37. The second-order valence-corrected chi connectivity index (χ2v) is 4.49. The number of aromatic nitrogens is 1. The number of carbonyl (C=O) groups excluding carboxylic acids is 1. The van der Waals surface area contributed by atoms with Crippen molar-refractivity contribution in [3.8, 4) is 0 Å². The highest BCUT2D eigenvalue weighted by Crippen LogP contribution is 2.26. The van der Waals surface area contributed by atoms with Gasteiger partial charge in [0.05, 0.1) is 18.8 Å². The predicted octanol–water partition coefficient (Wildman–Crippen LogP) is 0.546. The molecule has 0 aromatic carbocycles. The summed E-state index contributed by atoms with van der Waals surface area (Å²) in [6.45, 7) is 0.422. The molecule has 2 rings (SSSR count). The molecule has 1 aromatic rings. The number of pyridine rings is 1. The minimum Gasteiger partial charge on any atom is -0.480 e. The molecular formula is C13H16N2O5. The number of ether oxygens (including phenoxy) is 2. The van der Waals surface area contributed by atoms with E-state index in [2.05, 4.69) is 9.72 Å². The van der Waals surface area contributed by atoms with Crippen LogP contribution in [0.1, 0.15) is 16.8 Å². The van der Waals surface area contributed by atoms with Crippen LogP contribution in [0.2, 0.25) is 0 Å². The average Bonchev–Trinajstić information content (AvgIpc) is 2.91. The molecule has 0 radical (unpaired) electrons. The SMILES string of the molecule is COC(=O)c1ccnc(N2CC(OC)CC2C(=O)O)c1. The maximum absolute atomic E-state index is 11.5. The topological polar surface area (TPSA) is 89.0 Å². The lowest BCUT2D eigenvalue weighted by atomic mass is 10.2. The Hall–Kier alpha value is -2.15. The Kier molecular flexibility index (Phi) is 4.19. The summed E-state index contributed by atoms with van der Waals surface area (Å²) in [6.07, 6.45) is 1.68.